The summed E-state index contributed by atoms with van der Waals surface area (Å²) in [6.07, 6.45) is 0.312. The summed E-state index contributed by atoms with van der Waals surface area (Å²) < 4.78 is 13.6. The molecule has 2 aromatic carbocycles. The van der Waals surface area contributed by atoms with Crippen molar-refractivity contribution in [3.05, 3.63) is 70.5 Å². The molecule has 2 aromatic rings. The van der Waals surface area contributed by atoms with Crippen LogP contribution in [0.2, 0.25) is 5.02 Å². The molecule has 1 heterocycles. The zero-order chi connectivity index (χ0) is 20.3. The van der Waals surface area contributed by atoms with Crippen molar-refractivity contribution in [2.75, 3.05) is 6.54 Å². The van der Waals surface area contributed by atoms with Crippen molar-refractivity contribution >= 4 is 29.4 Å². The lowest BCUT2D eigenvalue weighted by Crippen LogP contribution is -2.44. The first kappa shape index (κ1) is 19.8. The number of rotatable bonds is 6. The van der Waals surface area contributed by atoms with Gasteiger partial charge in [0.2, 0.25) is 5.91 Å². The Morgan fingerprint density at radius 3 is 2.50 bits per heavy atom. The largest absolute Gasteiger partial charge is 0.350 e. The van der Waals surface area contributed by atoms with Crippen LogP contribution < -0.4 is 10.6 Å². The molecule has 1 fully saturated rings. The Balaban J connectivity index is 1.71. The van der Waals surface area contributed by atoms with E-state index >= 15 is 0 Å². The molecule has 1 atom stereocenters. The van der Waals surface area contributed by atoms with Crippen LogP contribution in [0.4, 0.5) is 9.18 Å². The molecule has 4 amide bonds. The molecule has 146 valence electrons. The summed E-state index contributed by atoms with van der Waals surface area (Å²) in [4.78, 5) is 38.5. The first-order chi connectivity index (χ1) is 13.4. The summed E-state index contributed by atoms with van der Waals surface area (Å²) in [5.74, 6) is -1.51. The van der Waals surface area contributed by atoms with Crippen molar-refractivity contribution in [1.82, 2.24) is 15.5 Å². The topological polar surface area (TPSA) is 78.5 Å². The molecule has 28 heavy (non-hydrogen) atoms. The molecule has 0 aliphatic carbocycles. The molecular formula is C20H19ClFN3O3. The van der Waals surface area contributed by atoms with Crippen molar-refractivity contribution in [2.24, 2.45) is 0 Å². The minimum atomic E-state index is -1.24. The lowest BCUT2D eigenvalue weighted by Gasteiger charge is -2.25. The number of carbonyl (C=O) groups is 3. The van der Waals surface area contributed by atoms with Crippen molar-refractivity contribution in [3.8, 4) is 0 Å². The molecule has 0 radical (unpaired) electrons. The zero-order valence-corrected chi connectivity index (χ0v) is 15.9. The predicted octanol–water partition coefficient (Wildman–Crippen LogP) is 2.95. The Kier molecular flexibility index (Phi) is 5.65. The van der Waals surface area contributed by atoms with Gasteiger partial charge in [-0.1, -0.05) is 48.9 Å². The van der Waals surface area contributed by atoms with Crippen molar-refractivity contribution < 1.29 is 18.8 Å². The van der Waals surface area contributed by atoms with E-state index < -0.39 is 35.7 Å². The van der Waals surface area contributed by atoms with Gasteiger partial charge in [0.15, 0.2) is 0 Å². The van der Waals surface area contributed by atoms with Crippen LogP contribution in [0.3, 0.4) is 0 Å². The lowest BCUT2D eigenvalue weighted by atomic mass is 9.87. The number of imide groups is 1. The Morgan fingerprint density at radius 1 is 1.18 bits per heavy atom. The summed E-state index contributed by atoms with van der Waals surface area (Å²) in [6, 6.07) is 12.0. The van der Waals surface area contributed by atoms with Crippen LogP contribution in [0.25, 0.3) is 0 Å². The number of benzene rings is 2. The van der Waals surface area contributed by atoms with Gasteiger partial charge in [-0.15, -0.1) is 0 Å². The van der Waals surface area contributed by atoms with E-state index in [1.807, 2.05) is 0 Å². The summed E-state index contributed by atoms with van der Waals surface area (Å²) in [5, 5.41) is 5.74. The highest BCUT2D eigenvalue weighted by Crippen LogP contribution is 2.32. The van der Waals surface area contributed by atoms with Gasteiger partial charge < -0.3 is 10.6 Å². The molecule has 1 unspecified atom stereocenters. The second-order valence-electron chi connectivity index (χ2n) is 6.46. The summed E-state index contributed by atoms with van der Waals surface area (Å²) in [6.45, 7) is 1.29. The van der Waals surface area contributed by atoms with Crippen LogP contribution in [-0.4, -0.2) is 29.3 Å². The molecule has 0 saturated carbocycles. The van der Waals surface area contributed by atoms with Crippen molar-refractivity contribution in [3.63, 3.8) is 0 Å². The first-order valence-electron chi connectivity index (χ1n) is 8.77. The Bertz CT molecular complexity index is 919. The molecule has 1 saturated heterocycles. The van der Waals surface area contributed by atoms with E-state index in [1.54, 1.807) is 49.4 Å². The fourth-order valence-electron chi connectivity index (χ4n) is 3.18. The highest BCUT2D eigenvalue weighted by molar-refractivity contribution is 6.30. The van der Waals surface area contributed by atoms with E-state index in [2.05, 4.69) is 10.6 Å². The molecule has 1 aliphatic heterocycles. The highest BCUT2D eigenvalue weighted by atomic mass is 35.5. The van der Waals surface area contributed by atoms with Gasteiger partial charge in [0, 0.05) is 17.1 Å². The first-order valence-corrected chi connectivity index (χ1v) is 9.15. The average molecular weight is 404 g/mol. The van der Waals surface area contributed by atoms with Gasteiger partial charge in [-0.05, 0) is 30.2 Å². The van der Waals surface area contributed by atoms with Gasteiger partial charge in [-0.25, -0.2) is 9.18 Å². The zero-order valence-electron chi connectivity index (χ0n) is 15.2. The third kappa shape index (κ3) is 3.71. The molecule has 6 nitrogen and oxygen atoms in total. The smallest absolute Gasteiger partial charge is 0.325 e. The number of nitrogens with one attached hydrogen (secondary N) is 2. The van der Waals surface area contributed by atoms with E-state index in [0.717, 1.165) is 4.90 Å². The molecule has 1 aliphatic rings. The van der Waals surface area contributed by atoms with E-state index in [-0.39, 0.29) is 6.54 Å². The molecule has 0 aromatic heterocycles. The Labute approximate surface area is 166 Å². The van der Waals surface area contributed by atoms with Crippen molar-refractivity contribution in [1.29, 1.82) is 0 Å². The lowest BCUT2D eigenvalue weighted by molar-refractivity contribution is -0.135. The summed E-state index contributed by atoms with van der Waals surface area (Å²) >= 11 is 5.90. The van der Waals surface area contributed by atoms with Gasteiger partial charge in [0.1, 0.15) is 17.9 Å². The van der Waals surface area contributed by atoms with Crippen molar-refractivity contribution in [2.45, 2.75) is 25.4 Å². The summed E-state index contributed by atoms with van der Waals surface area (Å²) in [5.41, 5.74) is -0.336. The number of halogens is 2. The summed E-state index contributed by atoms with van der Waals surface area (Å²) in [7, 11) is 0. The monoisotopic (exact) mass is 403 g/mol. The molecule has 0 spiro atoms. The molecule has 2 N–H and O–H groups in total. The van der Waals surface area contributed by atoms with Gasteiger partial charge in [-0.3, -0.25) is 14.5 Å². The van der Waals surface area contributed by atoms with E-state index in [9.17, 15) is 18.8 Å². The minimum Gasteiger partial charge on any atom is -0.350 e. The van der Waals surface area contributed by atoms with E-state index in [4.69, 9.17) is 11.6 Å². The van der Waals surface area contributed by atoms with Gasteiger partial charge in [-0.2, -0.15) is 0 Å². The fraction of sp³-hybridized carbons (Fsp3) is 0.250. The Morgan fingerprint density at radius 2 is 1.86 bits per heavy atom. The third-order valence-electron chi connectivity index (χ3n) is 4.78. The third-order valence-corrected chi connectivity index (χ3v) is 5.03. The van der Waals surface area contributed by atoms with Gasteiger partial charge in [0.25, 0.3) is 5.91 Å². The number of hydrogen-bond acceptors (Lipinski definition) is 3. The second-order valence-corrected chi connectivity index (χ2v) is 6.89. The fourth-order valence-corrected chi connectivity index (χ4v) is 3.30. The maximum absolute atomic E-state index is 13.6. The van der Waals surface area contributed by atoms with Crippen LogP contribution >= 0.6 is 11.6 Å². The van der Waals surface area contributed by atoms with Crippen LogP contribution in [0.1, 0.15) is 24.5 Å². The van der Waals surface area contributed by atoms with E-state index in [1.165, 1.54) is 6.07 Å². The highest BCUT2D eigenvalue weighted by Gasteiger charge is 2.51. The number of amides is 4. The van der Waals surface area contributed by atoms with Gasteiger partial charge in [0.05, 0.1) is 0 Å². The number of nitrogens with zero attached hydrogens (tertiary/aromatic N) is 1. The standard InChI is InChI=1S/C20H19ClFN3O3/c1-2-20(14-7-9-15(21)10-8-14)18(27)25(19(28)24-20)12-17(26)23-11-13-5-3-4-6-16(13)22/h3-10H,2,11-12H2,1H3,(H,23,26)(H,24,28). The molecule has 8 heteroatoms. The minimum absolute atomic E-state index is 0.0364. The molecule has 3 rings (SSSR count). The predicted molar refractivity (Wildman–Crippen MR) is 102 cm³/mol. The number of carbonyl (C=O) groups excluding carboxylic acids is 3. The quantitative estimate of drug-likeness (QED) is 0.728. The molecular weight excluding hydrogens is 385 g/mol. The van der Waals surface area contributed by atoms with Crippen LogP contribution in [0.15, 0.2) is 48.5 Å². The van der Waals surface area contributed by atoms with Crippen LogP contribution in [-0.2, 0) is 21.7 Å². The Hall–Kier alpha value is -2.93. The number of urea groups is 1. The molecule has 0 bridgehead atoms. The number of hydrogen-bond donors (Lipinski definition) is 2. The van der Waals surface area contributed by atoms with Crippen LogP contribution in [0.5, 0.6) is 0 Å². The maximum atomic E-state index is 13.6. The van der Waals surface area contributed by atoms with E-state index in [0.29, 0.717) is 22.6 Å². The van der Waals surface area contributed by atoms with Crippen LogP contribution in [0, 0.1) is 5.82 Å². The maximum Gasteiger partial charge on any atom is 0.325 e. The second kappa shape index (κ2) is 7.98. The van der Waals surface area contributed by atoms with Gasteiger partial charge >= 0.3 is 6.03 Å². The average Bonchev–Trinajstić information content (AvgIpc) is 2.93. The SMILES string of the molecule is CCC1(c2ccc(Cl)cc2)NC(=O)N(CC(=O)NCc2ccccc2F)C1=O. The normalized spacial score (nSPS) is 18.9.